The first-order valence-electron chi connectivity index (χ1n) is 9.01. The van der Waals surface area contributed by atoms with Crippen LogP contribution >= 0.6 is 11.8 Å². The lowest BCUT2D eigenvalue weighted by Crippen LogP contribution is -2.54. The number of carboxylic acids is 1. The molecule has 0 heterocycles. The van der Waals surface area contributed by atoms with Crippen molar-refractivity contribution in [3.8, 4) is 0 Å². The first-order valence-corrected chi connectivity index (χ1v) is 10.4. The van der Waals surface area contributed by atoms with E-state index in [0.29, 0.717) is 31.6 Å². The van der Waals surface area contributed by atoms with Gasteiger partial charge in [-0.05, 0) is 50.2 Å². The Morgan fingerprint density at radius 2 is 1.65 bits per heavy atom. The molecule has 3 unspecified atom stereocenters. The number of hydrogen-bond donors (Lipinski definition) is 5. The molecule has 3 atom stereocenters. The van der Waals surface area contributed by atoms with Crippen LogP contribution in [0.5, 0.6) is 0 Å². The number of unbranched alkanes of at least 4 members (excludes halogenated alkanes) is 1. The first-order chi connectivity index (χ1) is 12.2. The number of aliphatic carboxylic acids is 1. The van der Waals surface area contributed by atoms with Crippen molar-refractivity contribution in [2.45, 2.75) is 64.1 Å². The highest BCUT2D eigenvalue weighted by atomic mass is 32.2. The molecule has 8 nitrogen and oxygen atoms in total. The third kappa shape index (κ3) is 10.6. The van der Waals surface area contributed by atoms with Gasteiger partial charge in [0.05, 0.1) is 6.04 Å². The maximum atomic E-state index is 12.5. The van der Waals surface area contributed by atoms with Crippen molar-refractivity contribution in [1.82, 2.24) is 10.6 Å². The van der Waals surface area contributed by atoms with E-state index in [-0.39, 0.29) is 5.92 Å². The lowest BCUT2D eigenvalue weighted by molar-refractivity contribution is -0.142. The molecule has 0 aliphatic carbocycles. The molecule has 0 spiro atoms. The smallest absolute Gasteiger partial charge is 0.326 e. The molecule has 0 saturated carbocycles. The Balaban J connectivity index is 4.85. The number of thioether (sulfide) groups is 1. The summed E-state index contributed by atoms with van der Waals surface area (Å²) in [6.07, 6.45) is 4.64. The lowest BCUT2D eigenvalue weighted by atomic mass is 10.0. The predicted octanol–water partition coefficient (Wildman–Crippen LogP) is 0.296. The Morgan fingerprint density at radius 1 is 1.04 bits per heavy atom. The highest BCUT2D eigenvalue weighted by molar-refractivity contribution is 7.98. The van der Waals surface area contributed by atoms with Gasteiger partial charge in [-0.2, -0.15) is 11.8 Å². The molecule has 2 amide bonds. The zero-order valence-corrected chi connectivity index (χ0v) is 16.8. The Hall–Kier alpha value is -1.32. The molecule has 0 aliphatic heterocycles. The zero-order valence-electron chi connectivity index (χ0n) is 16.0. The van der Waals surface area contributed by atoms with E-state index in [0.717, 1.165) is 12.8 Å². The van der Waals surface area contributed by atoms with Crippen LogP contribution in [0.25, 0.3) is 0 Å². The summed E-state index contributed by atoms with van der Waals surface area (Å²) in [6, 6.07) is -2.49. The Kier molecular flexibility index (Phi) is 13.1. The van der Waals surface area contributed by atoms with Gasteiger partial charge < -0.3 is 27.2 Å². The summed E-state index contributed by atoms with van der Waals surface area (Å²) in [5.74, 6) is -1.21. The molecular weight excluding hydrogens is 356 g/mol. The summed E-state index contributed by atoms with van der Waals surface area (Å²) in [4.78, 5) is 36.1. The molecular formula is C17H34N4O4S. The van der Waals surface area contributed by atoms with Gasteiger partial charge in [0, 0.05) is 0 Å². The van der Waals surface area contributed by atoms with Gasteiger partial charge >= 0.3 is 5.97 Å². The number of nitrogens with one attached hydrogen (secondary N) is 2. The largest absolute Gasteiger partial charge is 0.480 e. The Labute approximate surface area is 160 Å². The first kappa shape index (κ1) is 24.7. The molecule has 0 bridgehead atoms. The molecule has 26 heavy (non-hydrogen) atoms. The van der Waals surface area contributed by atoms with Crippen molar-refractivity contribution in [3.63, 3.8) is 0 Å². The summed E-state index contributed by atoms with van der Waals surface area (Å²) in [6.45, 7) is 4.31. The van der Waals surface area contributed by atoms with E-state index >= 15 is 0 Å². The molecule has 0 aliphatic rings. The summed E-state index contributed by atoms with van der Waals surface area (Å²) < 4.78 is 0. The number of hydrogen-bond acceptors (Lipinski definition) is 6. The van der Waals surface area contributed by atoms with E-state index in [1.807, 2.05) is 20.1 Å². The third-order valence-corrected chi connectivity index (χ3v) is 4.52. The van der Waals surface area contributed by atoms with Crippen LogP contribution in [-0.2, 0) is 14.4 Å². The topological polar surface area (TPSA) is 148 Å². The van der Waals surface area contributed by atoms with Crippen LogP contribution in [0.3, 0.4) is 0 Å². The second-order valence-electron chi connectivity index (χ2n) is 6.76. The van der Waals surface area contributed by atoms with E-state index in [1.165, 1.54) is 0 Å². The van der Waals surface area contributed by atoms with Gasteiger partial charge in [0.2, 0.25) is 11.8 Å². The summed E-state index contributed by atoms with van der Waals surface area (Å²) in [5, 5.41) is 14.5. The molecule has 7 N–H and O–H groups in total. The van der Waals surface area contributed by atoms with Crippen molar-refractivity contribution in [1.29, 1.82) is 0 Å². The summed E-state index contributed by atoms with van der Waals surface area (Å²) >= 11 is 1.54. The van der Waals surface area contributed by atoms with Crippen LogP contribution in [0.4, 0.5) is 0 Å². The molecule has 9 heteroatoms. The molecule has 0 rings (SSSR count). The van der Waals surface area contributed by atoms with Gasteiger partial charge in [-0.1, -0.05) is 20.3 Å². The fourth-order valence-electron chi connectivity index (χ4n) is 2.39. The van der Waals surface area contributed by atoms with Crippen LogP contribution < -0.4 is 22.1 Å². The molecule has 0 aromatic rings. The van der Waals surface area contributed by atoms with Crippen LogP contribution in [0.1, 0.15) is 46.0 Å². The number of carboxylic acid groups (broad SMARTS) is 1. The molecule has 0 aromatic heterocycles. The Bertz CT molecular complexity index is 448. The van der Waals surface area contributed by atoms with Crippen molar-refractivity contribution >= 4 is 29.5 Å². The van der Waals surface area contributed by atoms with E-state index in [9.17, 15) is 19.5 Å². The van der Waals surface area contributed by atoms with E-state index in [2.05, 4.69) is 10.6 Å². The van der Waals surface area contributed by atoms with Gasteiger partial charge in [-0.25, -0.2) is 4.79 Å². The standard InChI is InChI=1S/C17H34N4O4S/c1-11(2)10-14(17(24)25)21-16(23)13(7-9-26-3)20-15(22)12(19)6-4-5-8-18/h11-14H,4-10,18-19H2,1-3H3,(H,20,22)(H,21,23)(H,24,25). The number of nitrogens with two attached hydrogens (primary N) is 2. The predicted molar refractivity (Wildman–Crippen MR) is 105 cm³/mol. The van der Waals surface area contributed by atoms with Gasteiger partial charge in [-0.3, -0.25) is 9.59 Å². The third-order valence-electron chi connectivity index (χ3n) is 3.87. The van der Waals surface area contributed by atoms with Gasteiger partial charge in [0.1, 0.15) is 12.1 Å². The molecule has 0 saturated heterocycles. The quantitative estimate of drug-likeness (QED) is 0.268. The average molecular weight is 391 g/mol. The van der Waals surface area contributed by atoms with Gasteiger partial charge in [0.15, 0.2) is 0 Å². The van der Waals surface area contributed by atoms with Gasteiger partial charge in [0.25, 0.3) is 0 Å². The molecule has 152 valence electrons. The second kappa shape index (κ2) is 13.8. The van der Waals surface area contributed by atoms with E-state index < -0.39 is 35.9 Å². The van der Waals surface area contributed by atoms with Crippen LogP contribution in [0.2, 0.25) is 0 Å². The van der Waals surface area contributed by atoms with Crippen molar-refractivity contribution in [2.75, 3.05) is 18.6 Å². The number of carbonyl (C=O) groups excluding carboxylic acids is 2. The van der Waals surface area contributed by atoms with Crippen LogP contribution in [-0.4, -0.2) is 59.6 Å². The highest BCUT2D eigenvalue weighted by Crippen LogP contribution is 2.08. The van der Waals surface area contributed by atoms with Crippen molar-refractivity contribution in [2.24, 2.45) is 17.4 Å². The fourth-order valence-corrected chi connectivity index (χ4v) is 2.86. The summed E-state index contributed by atoms with van der Waals surface area (Å²) in [7, 11) is 0. The summed E-state index contributed by atoms with van der Waals surface area (Å²) in [5.41, 5.74) is 11.3. The maximum absolute atomic E-state index is 12.5. The van der Waals surface area contributed by atoms with Gasteiger partial charge in [-0.15, -0.1) is 0 Å². The normalized spacial score (nSPS) is 14.5. The molecule has 0 radical (unpaired) electrons. The number of amides is 2. The number of rotatable bonds is 14. The van der Waals surface area contributed by atoms with Crippen LogP contribution in [0.15, 0.2) is 0 Å². The fraction of sp³-hybridized carbons (Fsp3) is 0.824. The van der Waals surface area contributed by atoms with E-state index in [1.54, 1.807) is 11.8 Å². The maximum Gasteiger partial charge on any atom is 0.326 e. The van der Waals surface area contributed by atoms with Crippen LogP contribution in [0, 0.1) is 5.92 Å². The average Bonchev–Trinajstić information content (AvgIpc) is 2.57. The second-order valence-corrected chi connectivity index (χ2v) is 7.75. The number of carbonyl (C=O) groups is 3. The van der Waals surface area contributed by atoms with Crippen molar-refractivity contribution < 1.29 is 19.5 Å². The lowest BCUT2D eigenvalue weighted by Gasteiger charge is -2.23. The minimum atomic E-state index is -1.08. The molecule has 0 aromatic carbocycles. The minimum absolute atomic E-state index is 0.117. The molecule has 0 fully saturated rings. The highest BCUT2D eigenvalue weighted by Gasteiger charge is 2.28. The monoisotopic (exact) mass is 390 g/mol. The SMILES string of the molecule is CSCCC(NC(=O)C(N)CCCCN)C(=O)NC(CC(C)C)C(=O)O. The van der Waals surface area contributed by atoms with E-state index in [4.69, 9.17) is 11.5 Å². The zero-order chi connectivity index (χ0) is 20.1. The minimum Gasteiger partial charge on any atom is -0.480 e. The van der Waals surface area contributed by atoms with Crippen molar-refractivity contribution in [3.05, 3.63) is 0 Å². The Morgan fingerprint density at radius 3 is 2.15 bits per heavy atom.